The van der Waals surface area contributed by atoms with E-state index in [0.29, 0.717) is 13.2 Å². The van der Waals surface area contributed by atoms with E-state index < -0.39 is 15.7 Å². The highest BCUT2D eigenvalue weighted by Crippen LogP contribution is 2.30. The SMILES string of the molecule is O=[N+]([O-])C(Cl)CC1(Cl)OCCO1. The van der Waals surface area contributed by atoms with Crippen molar-refractivity contribution < 1.29 is 14.4 Å². The summed E-state index contributed by atoms with van der Waals surface area (Å²) in [4.78, 5) is 9.49. The van der Waals surface area contributed by atoms with Crippen LogP contribution in [0.4, 0.5) is 0 Å². The lowest BCUT2D eigenvalue weighted by molar-refractivity contribution is -0.503. The minimum absolute atomic E-state index is 0.164. The van der Waals surface area contributed by atoms with E-state index in [-0.39, 0.29) is 6.42 Å². The predicted octanol–water partition coefficient (Wildman–Crippen LogP) is 1.16. The summed E-state index contributed by atoms with van der Waals surface area (Å²) in [5, 5.41) is 8.73. The molecule has 0 saturated carbocycles. The van der Waals surface area contributed by atoms with E-state index in [2.05, 4.69) is 0 Å². The Labute approximate surface area is 78.7 Å². The van der Waals surface area contributed by atoms with E-state index in [9.17, 15) is 10.1 Å². The van der Waals surface area contributed by atoms with Gasteiger partial charge in [0.05, 0.1) is 19.6 Å². The Morgan fingerprint density at radius 2 is 2.08 bits per heavy atom. The molecule has 0 aromatic rings. The Bertz CT molecular complexity index is 182. The van der Waals surface area contributed by atoms with Gasteiger partial charge in [-0.3, -0.25) is 10.1 Å². The molecule has 1 aliphatic rings. The van der Waals surface area contributed by atoms with Crippen LogP contribution in [0.1, 0.15) is 6.42 Å². The van der Waals surface area contributed by atoms with Gasteiger partial charge in [-0.2, -0.15) is 0 Å². The van der Waals surface area contributed by atoms with Crippen LogP contribution in [0.15, 0.2) is 0 Å². The molecule has 0 aromatic carbocycles. The molecule has 0 N–H and O–H groups in total. The first kappa shape index (κ1) is 9.98. The number of rotatable bonds is 3. The van der Waals surface area contributed by atoms with Crippen molar-refractivity contribution in [3.63, 3.8) is 0 Å². The van der Waals surface area contributed by atoms with E-state index in [4.69, 9.17) is 32.7 Å². The standard InChI is InChI=1S/C5H7Cl2NO4/c6-4(8(9)10)3-5(7)11-1-2-12-5/h4H,1-3H2. The molecule has 1 aliphatic heterocycles. The summed E-state index contributed by atoms with van der Waals surface area (Å²) in [6, 6.07) is 0. The van der Waals surface area contributed by atoms with Crippen molar-refractivity contribution in [3.8, 4) is 0 Å². The first-order valence-electron chi connectivity index (χ1n) is 3.28. The lowest BCUT2D eigenvalue weighted by Crippen LogP contribution is -2.29. The number of hydrogen-bond acceptors (Lipinski definition) is 4. The Morgan fingerprint density at radius 1 is 1.58 bits per heavy atom. The van der Waals surface area contributed by atoms with Crippen LogP contribution in [0.5, 0.6) is 0 Å². The Balaban J connectivity index is 2.43. The molecule has 1 atom stereocenters. The second kappa shape index (κ2) is 3.74. The molecule has 0 amide bonds. The summed E-state index contributed by atoms with van der Waals surface area (Å²) in [7, 11) is 0. The van der Waals surface area contributed by atoms with Crippen molar-refractivity contribution in [3.05, 3.63) is 10.1 Å². The highest BCUT2D eigenvalue weighted by Gasteiger charge is 2.40. The topological polar surface area (TPSA) is 61.6 Å². The van der Waals surface area contributed by atoms with Crippen LogP contribution in [0.25, 0.3) is 0 Å². The van der Waals surface area contributed by atoms with Crippen LogP contribution >= 0.6 is 23.2 Å². The Kier molecular flexibility index (Phi) is 3.11. The van der Waals surface area contributed by atoms with E-state index in [1.54, 1.807) is 0 Å². The van der Waals surface area contributed by atoms with Crippen molar-refractivity contribution >= 4 is 23.2 Å². The van der Waals surface area contributed by atoms with Crippen molar-refractivity contribution in [1.82, 2.24) is 0 Å². The molecule has 0 bridgehead atoms. The van der Waals surface area contributed by atoms with Gasteiger partial charge in [-0.25, -0.2) is 0 Å². The summed E-state index contributed by atoms with van der Waals surface area (Å²) in [6.45, 7) is 0.676. The molecule has 7 heteroatoms. The molecule has 1 saturated heterocycles. The molecule has 5 nitrogen and oxygen atoms in total. The molecular weight excluding hydrogens is 209 g/mol. The number of ether oxygens (including phenoxy) is 2. The molecule has 0 aromatic heterocycles. The highest BCUT2D eigenvalue weighted by atomic mass is 35.5. The predicted molar refractivity (Wildman–Crippen MR) is 41.7 cm³/mol. The quantitative estimate of drug-likeness (QED) is 0.307. The number of halogens is 2. The maximum atomic E-state index is 10.1. The fourth-order valence-corrected chi connectivity index (χ4v) is 1.41. The van der Waals surface area contributed by atoms with Gasteiger partial charge in [-0.05, 0) is 11.6 Å². The average molecular weight is 216 g/mol. The van der Waals surface area contributed by atoms with Gasteiger partial charge >= 0.3 is 0 Å². The number of nitro groups is 1. The molecule has 0 aliphatic carbocycles. The van der Waals surface area contributed by atoms with E-state index in [1.165, 1.54) is 0 Å². The van der Waals surface area contributed by atoms with Crippen molar-refractivity contribution in [2.24, 2.45) is 0 Å². The summed E-state index contributed by atoms with van der Waals surface area (Å²) in [5.74, 6) is 0. The zero-order valence-electron chi connectivity index (χ0n) is 6.03. The number of hydrogen-bond donors (Lipinski definition) is 0. The molecule has 12 heavy (non-hydrogen) atoms. The first-order chi connectivity index (χ1) is 5.53. The third-order valence-corrected chi connectivity index (χ3v) is 2.05. The van der Waals surface area contributed by atoms with Crippen LogP contribution in [0.3, 0.4) is 0 Å². The molecule has 0 spiro atoms. The molecule has 1 unspecified atom stereocenters. The van der Waals surface area contributed by atoms with Crippen molar-refractivity contribution in [2.75, 3.05) is 13.2 Å². The second-order valence-corrected chi connectivity index (χ2v) is 3.36. The monoisotopic (exact) mass is 215 g/mol. The minimum Gasteiger partial charge on any atom is -0.335 e. The van der Waals surface area contributed by atoms with Gasteiger partial charge in [0.15, 0.2) is 0 Å². The van der Waals surface area contributed by atoms with Crippen molar-refractivity contribution in [2.45, 2.75) is 17.2 Å². The molecule has 70 valence electrons. The van der Waals surface area contributed by atoms with Gasteiger partial charge in [0.25, 0.3) is 10.7 Å². The normalized spacial score (nSPS) is 23.8. The smallest absolute Gasteiger partial charge is 0.292 e. The van der Waals surface area contributed by atoms with Gasteiger partial charge in [0.1, 0.15) is 0 Å². The fraction of sp³-hybridized carbons (Fsp3) is 1.00. The summed E-state index contributed by atoms with van der Waals surface area (Å²) >= 11 is 11.0. The maximum absolute atomic E-state index is 10.1. The number of alkyl halides is 2. The van der Waals surface area contributed by atoms with E-state index >= 15 is 0 Å². The molecule has 1 heterocycles. The van der Waals surface area contributed by atoms with Gasteiger partial charge in [0, 0.05) is 4.92 Å². The van der Waals surface area contributed by atoms with Crippen LogP contribution in [0.2, 0.25) is 0 Å². The molecule has 1 fully saturated rings. The highest BCUT2D eigenvalue weighted by molar-refractivity contribution is 6.23. The average Bonchev–Trinajstić information content (AvgIpc) is 2.35. The molecule has 1 rings (SSSR count). The maximum Gasteiger partial charge on any atom is 0.292 e. The number of nitrogens with zero attached hydrogens (tertiary/aromatic N) is 1. The van der Waals surface area contributed by atoms with Gasteiger partial charge < -0.3 is 9.47 Å². The van der Waals surface area contributed by atoms with E-state index in [0.717, 1.165) is 0 Å². The zero-order valence-corrected chi connectivity index (χ0v) is 7.55. The third-order valence-electron chi connectivity index (χ3n) is 1.36. The first-order valence-corrected chi connectivity index (χ1v) is 4.09. The fourth-order valence-electron chi connectivity index (χ4n) is 0.823. The van der Waals surface area contributed by atoms with Crippen LogP contribution < -0.4 is 0 Å². The van der Waals surface area contributed by atoms with Crippen LogP contribution in [-0.2, 0) is 9.47 Å². The third kappa shape index (κ3) is 2.45. The van der Waals surface area contributed by atoms with Crippen LogP contribution in [-0.4, -0.2) is 28.9 Å². The minimum atomic E-state index is -1.40. The van der Waals surface area contributed by atoms with E-state index in [1.807, 2.05) is 0 Å². The molecular formula is C5H7Cl2NO4. The van der Waals surface area contributed by atoms with Gasteiger partial charge in [0.2, 0.25) is 0 Å². The second-order valence-electron chi connectivity index (χ2n) is 2.28. The summed E-state index contributed by atoms with van der Waals surface area (Å²) < 4.78 is 9.83. The largest absolute Gasteiger partial charge is 0.335 e. The Morgan fingerprint density at radius 3 is 2.50 bits per heavy atom. The lowest BCUT2D eigenvalue weighted by atomic mass is 10.4. The summed E-state index contributed by atoms with van der Waals surface area (Å²) in [5.41, 5.74) is -1.28. The van der Waals surface area contributed by atoms with Gasteiger partial charge in [-0.1, -0.05) is 11.6 Å². The van der Waals surface area contributed by atoms with Gasteiger partial charge in [-0.15, -0.1) is 0 Å². The summed E-state index contributed by atoms with van der Waals surface area (Å²) in [6.07, 6.45) is -0.164. The zero-order chi connectivity index (χ0) is 9.19. The Hall–Kier alpha value is -0.100. The lowest BCUT2D eigenvalue weighted by Gasteiger charge is -2.18. The van der Waals surface area contributed by atoms with Crippen molar-refractivity contribution in [1.29, 1.82) is 0 Å². The van der Waals surface area contributed by atoms with Crippen LogP contribution in [0, 0.1) is 10.1 Å². The molecule has 0 radical (unpaired) electrons.